The van der Waals surface area contributed by atoms with E-state index in [1.165, 1.54) is 0 Å². The van der Waals surface area contributed by atoms with E-state index >= 15 is 0 Å². The Bertz CT molecular complexity index is 1410. The number of fused-ring (bicyclic) bond motifs is 2. The highest BCUT2D eigenvalue weighted by Crippen LogP contribution is 2.31. The number of carbonyl (C=O) groups excluding carboxylic acids is 4. The summed E-state index contributed by atoms with van der Waals surface area (Å²) in [7, 11) is 1.57. The summed E-state index contributed by atoms with van der Waals surface area (Å²) in [6, 6.07) is 20.4. The molecule has 0 spiro atoms. The molecule has 2 aliphatic rings. The molecule has 0 bridgehead atoms. The first-order chi connectivity index (χ1) is 19.4. The van der Waals surface area contributed by atoms with Crippen LogP contribution in [0.15, 0.2) is 66.7 Å². The number of piperazine rings is 1. The summed E-state index contributed by atoms with van der Waals surface area (Å²) in [6.07, 6.45) is 1.16. The summed E-state index contributed by atoms with van der Waals surface area (Å²) in [6.45, 7) is 3.12. The Morgan fingerprint density at radius 1 is 1.05 bits per heavy atom. The molecule has 0 aliphatic carbocycles. The van der Waals surface area contributed by atoms with Crippen LogP contribution in [0.5, 0.6) is 0 Å². The van der Waals surface area contributed by atoms with Gasteiger partial charge < -0.3 is 20.4 Å². The van der Waals surface area contributed by atoms with Crippen molar-refractivity contribution in [1.29, 1.82) is 0 Å². The second-order valence-electron chi connectivity index (χ2n) is 10.1. The van der Waals surface area contributed by atoms with Gasteiger partial charge in [-0.2, -0.15) is 5.01 Å². The lowest BCUT2D eigenvalue weighted by molar-refractivity contribution is -0.157. The normalized spacial score (nSPS) is 19.1. The van der Waals surface area contributed by atoms with Gasteiger partial charge in [0.25, 0.3) is 0 Å². The van der Waals surface area contributed by atoms with Crippen molar-refractivity contribution in [2.24, 2.45) is 0 Å². The van der Waals surface area contributed by atoms with Gasteiger partial charge in [0.1, 0.15) is 12.2 Å². The van der Waals surface area contributed by atoms with Crippen molar-refractivity contribution in [3.05, 3.63) is 77.9 Å². The van der Waals surface area contributed by atoms with Gasteiger partial charge in [0.05, 0.1) is 13.1 Å². The Labute approximate surface area is 233 Å². The Morgan fingerprint density at radius 3 is 2.52 bits per heavy atom. The number of rotatable bonds is 9. The number of carbonyl (C=O) groups is 4. The number of nitrogens with zero attached hydrogens (tertiary/aromatic N) is 4. The Hall–Kier alpha value is -4.44. The van der Waals surface area contributed by atoms with E-state index in [4.69, 9.17) is 0 Å². The Kier molecular flexibility index (Phi) is 7.97. The minimum Gasteiger partial charge on any atom is -0.340 e. The fraction of sp³-hybridized carbons (Fsp3) is 0.333. The van der Waals surface area contributed by atoms with Gasteiger partial charge in [0.15, 0.2) is 0 Å². The molecular weight excluding hydrogens is 508 g/mol. The highest BCUT2D eigenvalue weighted by molar-refractivity contribution is 5.92. The van der Waals surface area contributed by atoms with Crippen molar-refractivity contribution < 1.29 is 19.2 Å². The van der Waals surface area contributed by atoms with Crippen LogP contribution in [0.1, 0.15) is 24.5 Å². The molecule has 2 saturated heterocycles. The topological polar surface area (TPSA) is 105 Å². The van der Waals surface area contributed by atoms with Crippen molar-refractivity contribution in [3.63, 3.8) is 0 Å². The summed E-state index contributed by atoms with van der Waals surface area (Å²) in [4.78, 5) is 54.7. The van der Waals surface area contributed by atoms with Crippen LogP contribution < -0.4 is 10.6 Å². The van der Waals surface area contributed by atoms with Gasteiger partial charge >= 0.3 is 6.03 Å². The molecule has 3 aromatic rings. The summed E-state index contributed by atoms with van der Waals surface area (Å²) >= 11 is 0. The zero-order valence-corrected chi connectivity index (χ0v) is 22.7. The molecule has 2 atom stereocenters. The maximum atomic E-state index is 14.1. The monoisotopic (exact) mass is 542 g/mol. The van der Waals surface area contributed by atoms with E-state index in [1.54, 1.807) is 34.1 Å². The molecule has 0 radical (unpaired) electrons. The van der Waals surface area contributed by atoms with Crippen LogP contribution in [0.2, 0.25) is 0 Å². The van der Waals surface area contributed by atoms with Crippen molar-refractivity contribution >= 4 is 40.7 Å². The third-order valence-electron chi connectivity index (χ3n) is 7.61. The number of urea groups is 1. The summed E-state index contributed by atoms with van der Waals surface area (Å²) in [5.74, 6) is -0.311. The number of benzene rings is 3. The average molecular weight is 543 g/mol. The van der Waals surface area contributed by atoms with E-state index in [-0.39, 0.29) is 30.9 Å². The van der Waals surface area contributed by atoms with Crippen LogP contribution in [-0.4, -0.2) is 83.0 Å². The molecule has 40 heavy (non-hydrogen) atoms. The molecule has 2 N–H and O–H groups in total. The number of hydrazine groups is 1. The standard InChI is InChI=1S/C30H34N6O4/c1-3-15-34(30(40)31-2)35-19-28(38)36-26(16-21-11-13-24(14-12-21)32-20-37)29(39)33(18-27(35)36)17-23-9-6-8-22-7-4-5-10-25(22)23/h4-14,20,26-27H,3,15-19H2,1-2H3,(H,31,40)(H,32,37)/t26-,27+/m0/s1. The third-order valence-corrected chi connectivity index (χ3v) is 7.61. The van der Waals surface area contributed by atoms with Gasteiger partial charge in [-0.1, -0.05) is 61.5 Å². The number of amides is 5. The molecule has 208 valence electrons. The van der Waals surface area contributed by atoms with Gasteiger partial charge in [0.2, 0.25) is 18.2 Å². The quantitative estimate of drug-likeness (QED) is 0.405. The van der Waals surface area contributed by atoms with Gasteiger partial charge in [-0.05, 0) is 40.5 Å². The average Bonchev–Trinajstić information content (AvgIpc) is 3.29. The number of hydrogen-bond donors (Lipinski definition) is 2. The molecule has 10 heteroatoms. The lowest BCUT2D eigenvalue weighted by Crippen LogP contribution is -2.66. The fourth-order valence-electron chi connectivity index (χ4n) is 5.74. The van der Waals surface area contributed by atoms with E-state index in [0.717, 1.165) is 21.9 Å². The fourth-order valence-corrected chi connectivity index (χ4v) is 5.74. The molecule has 3 aromatic carbocycles. The number of nitrogens with one attached hydrogen (secondary N) is 2. The van der Waals surface area contributed by atoms with E-state index < -0.39 is 12.2 Å². The van der Waals surface area contributed by atoms with E-state index in [2.05, 4.69) is 16.7 Å². The molecule has 2 heterocycles. The zero-order valence-electron chi connectivity index (χ0n) is 22.7. The van der Waals surface area contributed by atoms with Crippen molar-refractivity contribution in [3.8, 4) is 0 Å². The maximum Gasteiger partial charge on any atom is 0.331 e. The second-order valence-corrected chi connectivity index (χ2v) is 10.1. The molecule has 0 aromatic heterocycles. The molecular formula is C30H34N6O4. The van der Waals surface area contributed by atoms with Crippen molar-refractivity contribution in [2.75, 3.05) is 32.0 Å². The first-order valence-corrected chi connectivity index (χ1v) is 13.6. The highest BCUT2D eigenvalue weighted by atomic mass is 16.2. The SMILES string of the molecule is CCCN(C(=O)NC)N1CC(=O)N2[C@@H](Cc3ccc(NC=O)cc3)C(=O)N(Cc3cccc4ccccc34)C[C@@H]21. The molecule has 2 aliphatic heterocycles. The van der Waals surface area contributed by atoms with Gasteiger partial charge in [-0.25, -0.2) is 4.79 Å². The smallest absolute Gasteiger partial charge is 0.331 e. The Balaban J connectivity index is 1.50. The molecule has 0 saturated carbocycles. The summed E-state index contributed by atoms with van der Waals surface area (Å²) in [5, 5.41) is 10.9. The number of hydrogen-bond acceptors (Lipinski definition) is 5. The minimum absolute atomic E-state index is 0.0200. The summed E-state index contributed by atoms with van der Waals surface area (Å²) < 4.78 is 0. The Morgan fingerprint density at radius 2 is 1.80 bits per heavy atom. The van der Waals surface area contributed by atoms with Crippen LogP contribution in [0.25, 0.3) is 10.8 Å². The molecule has 5 rings (SSSR count). The molecule has 2 fully saturated rings. The van der Waals surface area contributed by atoms with Gasteiger partial charge in [-0.3, -0.25) is 19.4 Å². The maximum absolute atomic E-state index is 14.1. The van der Waals surface area contributed by atoms with Gasteiger partial charge in [0, 0.05) is 32.2 Å². The largest absolute Gasteiger partial charge is 0.340 e. The number of anilines is 1. The van der Waals surface area contributed by atoms with Gasteiger partial charge in [-0.15, -0.1) is 0 Å². The van der Waals surface area contributed by atoms with Crippen LogP contribution in [0.4, 0.5) is 10.5 Å². The second kappa shape index (κ2) is 11.7. The van der Waals surface area contributed by atoms with Crippen LogP contribution in [-0.2, 0) is 27.3 Å². The first kappa shape index (κ1) is 27.1. The lowest BCUT2D eigenvalue weighted by atomic mass is 9.98. The van der Waals surface area contributed by atoms with Crippen LogP contribution >= 0.6 is 0 Å². The molecule has 0 unspecified atom stereocenters. The zero-order chi connectivity index (χ0) is 28.2. The third kappa shape index (κ3) is 5.22. The van der Waals surface area contributed by atoms with E-state index in [1.807, 2.05) is 60.4 Å². The summed E-state index contributed by atoms with van der Waals surface area (Å²) in [5.41, 5.74) is 2.53. The van der Waals surface area contributed by atoms with Crippen molar-refractivity contribution in [1.82, 2.24) is 25.1 Å². The van der Waals surface area contributed by atoms with Crippen LogP contribution in [0, 0.1) is 0 Å². The highest BCUT2D eigenvalue weighted by Gasteiger charge is 2.52. The predicted octanol–water partition coefficient (Wildman–Crippen LogP) is 2.80. The van der Waals surface area contributed by atoms with Crippen molar-refractivity contribution in [2.45, 2.75) is 38.5 Å². The van der Waals surface area contributed by atoms with E-state index in [0.29, 0.717) is 38.0 Å². The molecule has 10 nitrogen and oxygen atoms in total. The van der Waals surface area contributed by atoms with Crippen LogP contribution in [0.3, 0.4) is 0 Å². The first-order valence-electron chi connectivity index (χ1n) is 13.6. The minimum atomic E-state index is -0.732. The van der Waals surface area contributed by atoms with E-state index in [9.17, 15) is 19.2 Å². The lowest BCUT2D eigenvalue weighted by Gasteiger charge is -2.46. The predicted molar refractivity (Wildman–Crippen MR) is 152 cm³/mol. The molecule has 5 amide bonds.